The summed E-state index contributed by atoms with van der Waals surface area (Å²) in [5.41, 5.74) is 2.00. The fraction of sp³-hybridized carbons (Fsp3) is 0.533. The second-order valence-corrected chi connectivity index (χ2v) is 4.80. The first kappa shape index (κ1) is 15.3. The number of aromatic nitrogens is 4. The molecule has 0 N–H and O–H groups in total. The van der Waals surface area contributed by atoms with Gasteiger partial charge in [0, 0.05) is 13.1 Å². The Bertz CT molecular complexity index is 628. The first-order chi connectivity index (χ1) is 10.2. The molecule has 0 fully saturated rings. The van der Waals surface area contributed by atoms with Crippen molar-refractivity contribution in [1.82, 2.24) is 19.6 Å². The van der Waals surface area contributed by atoms with E-state index in [-0.39, 0.29) is 5.78 Å². The van der Waals surface area contributed by atoms with E-state index in [0.717, 1.165) is 18.5 Å². The predicted molar refractivity (Wildman–Crippen MR) is 79.8 cm³/mol. The van der Waals surface area contributed by atoms with Gasteiger partial charge >= 0.3 is 0 Å². The van der Waals surface area contributed by atoms with Crippen LogP contribution >= 0.6 is 0 Å². The molecule has 2 rings (SSSR count). The van der Waals surface area contributed by atoms with Crippen LogP contribution < -0.4 is 4.74 Å². The molecule has 0 bridgehead atoms. The summed E-state index contributed by atoms with van der Waals surface area (Å²) in [7, 11) is 1.55. The Hall–Kier alpha value is -2.11. The summed E-state index contributed by atoms with van der Waals surface area (Å²) in [5, 5.41) is 8.68. The van der Waals surface area contributed by atoms with E-state index in [1.807, 2.05) is 26.8 Å². The van der Waals surface area contributed by atoms with E-state index in [0.29, 0.717) is 30.2 Å². The molecule has 0 atom stereocenters. The van der Waals surface area contributed by atoms with Crippen molar-refractivity contribution in [3.05, 3.63) is 29.3 Å². The Labute approximate surface area is 124 Å². The zero-order valence-electron chi connectivity index (χ0n) is 13.1. The molecule has 0 unspecified atom stereocenters. The predicted octanol–water partition coefficient (Wildman–Crippen LogP) is 2.31. The molecule has 0 saturated heterocycles. The van der Waals surface area contributed by atoms with Crippen LogP contribution in [-0.2, 0) is 19.5 Å². The highest BCUT2D eigenvalue weighted by molar-refractivity contribution is 6.08. The summed E-state index contributed by atoms with van der Waals surface area (Å²) in [4.78, 5) is 12.9. The maximum absolute atomic E-state index is 12.9. The summed E-state index contributed by atoms with van der Waals surface area (Å²) >= 11 is 0. The molecule has 6 heteroatoms. The van der Waals surface area contributed by atoms with Crippen molar-refractivity contribution in [2.75, 3.05) is 7.11 Å². The van der Waals surface area contributed by atoms with E-state index in [1.165, 1.54) is 0 Å². The molecule has 6 nitrogen and oxygen atoms in total. The van der Waals surface area contributed by atoms with Crippen LogP contribution in [0.5, 0.6) is 5.75 Å². The van der Waals surface area contributed by atoms with Crippen molar-refractivity contribution < 1.29 is 9.53 Å². The molecular weight excluding hydrogens is 268 g/mol. The first-order valence-electron chi connectivity index (χ1n) is 7.37. The summed E-state index contributed by atoms with van der Waals surface area (Å²) in [5.74, 6) is 0.419. The van der Waals surface area contributed by atoms with Gasteiger partial charge in [0.2, 0.25) is 5.78 Å². The van der Waals surface area contributed by atoms with Gasteiger partial charge in [0.1, 0.15) is 5.69 Å². The zero-order chi connectivity index (χ0) is 15.4. The van der Waals surface area contributed by atoms with Gasteiger partial charge in [-0.05, 0) is 25.8 Å². The molecule has 2 heterocycles. The Balaban J connectivity index is 2.48. The molecule has 114 valence electrons. The van der Waals surface area contributed by atoms with Crippen LogP contribution in [0, 0.1) is 0 Å². The lowest BCUT2D eigenvalue weighted by atomic mass is 10.1. The third-order valence-electron chi connectivity index (χ3n) is 3.40. The van der Waals surface area contributed by atoms with Gasteiger partial charge in [-0.1, -0.05) is 13.8 Å². The van der Waals surface area contributed by atoms with Gasteiger partial charge in [-0.2, -0.15) is 10.2 Å². The molecule has 2 aromatic rings. The van der Waals surface area contributed by atoms with Crippen LogP contribution in [0.2, 0.25) is 0 Å². The highest BCUT2D eigenvalue weighted by Gasteiger charge is 2.24. The van der Waals surface area contributed by atoms with Crippen LogP contribution in [0.1, 0.15) is 49.1 Å². The standard InChI is InChI=1S/C15H22N4O2/c1-5-8-19-14(13(21-4)10-16-19)15(20)12-9-11(6-2)17-18(12)7-3/h9-10H,5-8H2,1-4H3. The Morgan fingerprint density at radius 1 is 1.29 bits per heavy atom. The smallest absolute Gasteiger partial charge is 0.232 e. The zero-order valence-corrected chi connectivity index (χ0v) is 13.1. The quantitative estimate of drug-likeness (QED) is 0.734. The van der Waals surface area contributed by atoms with Crippen molar-refractivity contribution in [2.24, 2.45) is 0 Å². The Morgan fingerprint density at radius 3 is 2.62 bits per heavy atom. The largest absolute Gasteiger partial charge is 0.493 e. The molecular formula is C15H22N4O2. The van der Waals surface area contributed by atoms with Crippen LogP contribution in [-0.4, -0.2) is 32.5 Å². The van der Waals surface area contributed by atoms with E-state index in [2.05, 4.69) is 10.2 Å². The number of rotatable bonds is 7. The third-order valence-corrected chi connectivity index (χ3v) is 3.40. The van der Waals surface area contributed by atoms with Crippen molar-refractivity contribution in [1.29, 1.82) is 0 Å². The van der Waals surface area contributed by atoms with Gasteiger partial charge in [0.05, 0.1) is 19.0 Å². The summed E-state index contributed by atoms with van der Waals surface area (Å²) in [6.07, 6.45) is 3.30. The van der Waals surface area contributed by atoms with E-state index in [1.54, 1.807) is 22.7 Å². The normalized spacial score (nSPS) is 10.9. The lowest BCUT2D eigenvalue weighted by Crippen LogP contribution is -2.16. The van der Waals surface area contributed by atoms with Gasteiger partial charge in [0.15, 0.2) is 11.4 Å². The third kappa shape index (κ3) is 2.84. The summed E-state index contributed by atoms with van der Waals surface area (Å²) in [6, 6.07) is 1.86. The number of aryl methyl sites for hydroxylation is 3. The van der Waals surface area contributed by atoms with Crippen molar-refractivity contribution in [3.63, 3.8) is 0 Å². The topological polar surface area (TPSA) is 61.9 Å². The van der Waals surface area contributed by atoms with Crippen LogP contribution in [0.3, 0.4) is 0 Å². The molecule has 21 heavy (non-hydrogen) atoms. The summed E-state index contributed by atoms with van der Waals surface area (Å²) < 4.78 is 8.74. The highest BCUT2D eigenvalue weighted by Crippen LogP contribution is 2.22. The fourth-order valence-corrected chi connectivity index (χ4v) is 2.32. The molecule has 0 aliphatic carbocycles. The second kappa shape index (κ2) is 6.56. The molecule has 0 spiro atoms. The Kier molecular flexibility index (Phi) is 4.77. The Morgan fingerprint density at radius 2 is 2.05 bits per heavy atom. The van der Waals surface area contributed by atoms with E-state index in [4.69, 9.17) is 4.74 Å². The second-order valence-electron chi connectivity index (χ2n) is 4.80. The number of ketones is 1. The monoisotopic (exact) mass is 290 g/mol. The average molecular weight is 290 g/mol. The van der Waals surface area contributed by atoms with E-state index >= 15 is 0 Å². The minimum Gasteiger partial charge on any atom is -0.493 e. The number of carbonyl (C=O) groups is 1. The molecule has 0 saturated carbocycles. The van der Waals surface area contributed by atoms with Crippen molar-refractivity contribution in [3.8, 4) is 5.75 Å². The fourth-order valence-electron chi connectivity index (χ4n) is 2.32. The maximum atomic E-state index is 12.9. The number of hydrogen-bond acceptors (Lipinski definition) is 4. The molecule has 2 aromatic heterocycles. The van der Waals surface area contributed by atoms with E-state index in [9.17, 15) is 4.79 Å². The van der Waals surface area contributed by atoms with Gasteiger partial charge in [0.25, 0.3) is 0 Å². The van der Waals surface area contributed by atoms with Crippen LogP contribution in [0.4, 0.5) is 0 Å². The number of methoxy groups -OCH3 is 1. The van der Waals surface area contributed by atoms with E-state index < -0.39 is 0 Å². The molecule has 0 amide bonds. The number of hydrogen-bond donors (Lipinski definition) is 0. The maximum Gasteiger partial charge on any atom is 0.232 e. The highest BCUT2D eigenvalue weighted by atomic mass is 16.5. The van der Waals surface area contributed by atoms with Gasteiger partial charge in [-0.15, -0.1) is 0 Å². The molecule has 0 aliphatic rings. The SMILES string of the molecule is CCCn1ncc(OC)c1C(=O)c1cc(CC)nn1CC. The van der Waals surface area contributed by atoms with Gasteiger partial charge in [-0.25, -0.2) is 0 Å². The number of carbonyl (C=O) groups excluding carboxylic acids is 1. The van der Waals surface area contributed by atoms with Crippen LogP contribution in [0.25, 0.3) is 0 Å². The lowest BCUT2D eigenvalue weighted by Gasteiger charge is -2.08. The minimum atomic E-state index is -0.0909. The summed E-state index contributed by atoms with van der Waals surface area (Å²) in [6.45, 7) is 7.40. The van der Waals surface area contributed by atoms with Crippen molar-refractivity contribution in [2.45, 2.75) is 46.7 Å². The number of ether oxygens (including phenoxy) is 1. The van der Waals surface area contributed by atoms with Crippen molar-refractivity contribution >= 4 is 5.78 Å². The average Bonchev–Trinajstić information content (AvgIpc) is 3.10. The molecule has 0 radical (unpaired) electrons. The van der Waals surface area contributed by atoms with Crippen LogP contribution in [0.15, 0.2) is 12.3 Å². The van der Waals surface area contributed by atoms with Gasteiger partial charge < -0.3 is 4.74 Å². The molecule has 0 aromatic carbocycles. The van der Waals surface area contributed by atoms with Gasteiger partial charge in [-0.3, -0.25) is 14.2 Å². The first-order valence-corrected chi connectivity index (χ1v) is 7.37. The number of nitrogens with zero attached hydrogens (tertiary/aromatic N) is 4. The molecule has 0 aliphatic heterocycles. The lowest BCUT2D eigenvalue weighted by molar-refractivity contribution is 0.101. The minimum absolute atomic E-state index is 0.0909.